The molecule has 1 unspecified atom stereocenters. The lowest BCUT2D eigenvalue weighted by Crippen LogP contribution is -2.25. The minimum absolute atomic E-state index is 0.244. The van der Waals surface area contributed by atoms with Crippen LogP contribution in [0.15, 0.2) is 12.3 Å². The summed E-state index contributed by atoms with van der Waals surface area (Å²) in [6.07, 6.45) is 7.84. The van der Waals surface area contributed by atoms with Gasteiger partial charge in [0.2, 0.25) is 0 Å². The van der Waals surface area contributed by atoms with E-state index in [1.54, 1.807) is 0 Å². The molecule has 1 aromatic heterocycles. The minimum Gasteiger partial charge on any atom is -0.392 e. The van der Waals surface area contributed by atoms with E-state index >= 15 is 0 Å². The number of aromatic nitrogens is 2. The van der Waals surface area contributed by atoms with Crippen LogP contribution >= 0.6 is 0 Å². The third kappa shape index (κ3) is 3.54. The molecule has 1 fully saturated rings. The van der Waals surface area contributed by atoms with Crippen LogP contribution in [0.4, 0.5) is 0 Å². The SMILES string of the molecule is CCC(O)CNCc1ccn(C2CCCC2)n1. The van der Waals surface area contributed by atoms with Crippen LogP contribution in [0.2, 0.25) is 0 Å². The molecule has 0 saturated heterocycles. The van der Waals surface area contributed by atoms with Gasteiger partial charge in [0.05, 0.1) is 17.8 Å². The number of rotatable bonds is 6. The minimum atomic E-state index is -0.244. The van der Waals surface area contributed by atoms with Gasteiger partial charge in [0.25, 0.3) is 0 Å². The summed E-state index contributed by atoms with van der Waals surface area (Å²) in [6.45, 7) is 3.38. The van der Waals surface area contributed by atoms with Gasteiger partial charge in [-0.3, -0.25) is 4.68 Å². The van der Waals surface area contributed by atoms with Crippen molar-refractivity contribution >= 4 is 0 Å². The van der Waals surface area contributed by atoms with E-state index < -0.39 is 0 Å². The van der Waals surface area contributed by atoms with Gasteiger partial charge in [0.15, 0.2) is 0 Å². The number of aliphatic hydroxyl groups is 1. The van der Waals surface area contributed by atoms with E-state index in [2.05, 4.69) is 27.4 Å². The first-order chi connectivity index (χ1) is 8.29. The Bertz CT molecular complexity index is 331. The van der Waals surface area contributed by atoms with Gasteiger partial charge in [0, 0.05) is 19.3 Å². The summed E-state index contributed by atoms with van der Waals surface area (Å²) >= 11 is 0. The molecule has 96 valence electrons. The molecule has 2 N–H and O–H groups in total. The van der Waals surface area contributed by atoms with Crippen molar-refractivity contribution in [1.82, 2.24) is 15.1 Å². The van der Waals surface area contributed by atoms with Crippen molar-refractivity contribution in [3.63, 3.8) is 0 Å². The molecule has 4 heteroatoms. The molecular formula is C13H23N3O. The highest BCUT2D eigenvalue weighted by Gasteiger charge is 2.17. The fourth-order valence-electron chi connectivity index (χ4n) is 2.36. The largest absolute Gasteiger partial charge is 0.392 e. The zero-order valence-corrected chi connectivity index (χ0v) is 10.6. The Labute approximate surface area is 103 Å². The topological polar surface area (TPSA) is 50.1 Å². The molecule has 1 heterocycles. The molecule has 0 aromatic carbocycles. The average Bonchev–Trinajstić information content (AvgIpc) is 2.98. The Morgan fingerprint density at radius 2 is 2.29 bits per heavy atom. The maximum atomic E-state index is 9.43. The number of hydrogen-bond acceptors (Lipinski definition) is 3. The third-order valence-electron chi connectivity index (χ3n) is 3.52. The molecule has 1 saturated carbocycles. The second-order valence-corrected chi connectivity index (χ2v) is 4.92. The predicted molar refractivity (Wildman–Crippen MR) is 67.7 cm³/mol. The summed E-state index contributed by atoms with van der Waals surface area (Å²) in [6, 6.07) is 2.69. The number of aliphatic hydroxyl groups excluding tert-OH is 1. The first kappa shape index (κ1) is 12.6. The van der Waals surface area contributed by atoms with Crippen LogP contribution in [-0.4, -0.2) is 27.5 Å². The normalized spacial score (nSPS) is 18.7. The Kier molecular flexibility index (Phi) is 4.57. The van der Waals surface area contributed by atoms with Crippen molar-refractivity contribution in [1.29, 1.82) is 0 Å². The maximum absolute atomic E-state index is 9.43. The molecule has 0 aliphatic heterocycles. The highest BCUT2D eigenvalue weighted by atomic mass is 16.3. The zero-order valence-electron chi connectivity index (χ0n) is 10.6. The lowest BCUT2D eigenvalue weighted by molar-refractivity contribution is 0.167. The fraction of sp³-hybridized carbons (Fsp3) is 0.769. The lowest BCUT2D eigenvalue weighted by atomic mass is 10.3. The van der Waals surface area contributed by atoms with E-state index in [1.807, 2.05) is 6.92 Å². The van der Waals surface area contributed by atoms with Gasteiger partial charge in [0.1, 0.15) is 0 Å². The summed E-state index contributed by atoms with van der Waals surface area (Å²) in [5.74, 6) is 0. The van der Waals surface area contributed by atoms with E-state index in [1.165, 1.54) is 25.7 Å². The highest BCUT2D eigenvalue weighted by Crippen LogP contribution is 2.28. The Hall–Kier alpha value is -0.870. The predicted octanol–water partition coefficient (Wildman–Crippen LogP) is 1.86. The molecule has 0 bridgehead atoms. The molecule has 2 rings (SSSR count). The smallest absolute Gasteiger partial charge is 0.0762 e. The first-order valence-corrected chi connectivity index (χ1v) is 6.72. The van der Waals surface area contributed by atoms with Crippen molar-refractivity contribution in [2.45, 2.75) is 57.7 Å². The average molecular weight is 237 g/mol. The quantitative estimate of drug-likeness (QED) is 0.794. The third-order valence-corrected chi connectivity index (χ3v) is 3.52. The molecule has 1 aliphatic carbocycles. The molecule has 17 heavy (non-hydrogen) atoms. The maximum Gasteiger partial charge on any atom is 0.0762 e. The molecule has 0 amide bonds. The fourth-order valence-corrected chi connectivity index (χ4v) is 2.36. The van der Waals surface area contributed by atoms with Gasteiger partial charge < -0.3 is 10.4 Å². The van der Waals surface area contributed by atoms with Crippen molar-refractivity contribution in [2.24, 2.45) is 0 Å². The summed E-state index contributed by atoms with van der Waals surface area (Å²) in [7, 11) is 0. The van der Waals surface area contributed by atoms with E-state index in [0.717, 1.165) is 18.7 Å². The van der Waals surface area contributed by atoms with Crippen LogP contribution in [-0.2, 0) is 6.54 Å². The highest BCUT2D eigenvalue weighted by molar-refractivity contribution is 4.99. The van der Waals surface area contributed by atoms with Crippen LogP contribution in [0.5, 0.6) is 0 Å². The Balaban J connectivity index is 1.77. The number of nitrogens with zero attached hydrogens (tertiary/aromatic N) is 2. The summed E-state index contributed by atoms with van der Waals surface area (Å²) in [5, 5.41) is 17.2. The Morgan fingerprint density at radius 1 is 1.53 bits per heavy atom. The van der Waals surface area contributed by atoms with Gasteiger partial charge >= 0.3 is 0 Å². The van der Waals surface area contributed by atoms with Crippen LogP contribution in [0.3, 0.4) is 0 Å². The van der Waals surface area contributed by atoms with Gasteiger partial charge in [-0.05, 0) is 25.3 Å². The zero-order chi connectivity index (χ0) is 12.1. The van der Waals surface area contributed by atoms with Crippen LogP contribution in [0, 0.1) is 0 Å². The van der Waals surface area contributed by atoms with Crippen molar-refractivity contribution in [2.75, 3.05) is 6.54 Å². The molecule has 0 radical (unpaired) electrons. The summed E-state index contributed by atoms with van der Waals surface area (Å²) in [5.41, 5.74) is 1.07. The molecule has 1 atom stereocenters. The summed E-state index contributed by atoms with van der Waals surface area (Å²) < 4.78 is 2.11. The van der Waals surface area contributed by atoms with Crippen molar-refractivity contribution < 1.29 is 5.11 Å². The second kappa shape index (κ2) is 6.17. The van der Waals surface area contributed by atoms with Crippen LogP contribution in [0.1, 0.15) is 50.8 Å². The summed E-state index contributed by atoms with van der Waals surface area (Å²) in [4.78, 5) is 0. The van der Waals surface area contributed by atoms with Gasteiger partial charge in [-0.15, -0.1) is 0 Å². The second-order valence-electron chi connectivity index (χ2n) is 4.92. The standard InChI is InChI=1S/C13H23N3O/c1-2-13(17)10-14-9-11-7-8-16(15-11)12-5-3-4-6-12/h7-8,12-14,17H,2-6,9-10H2,1H3. The first-order valence-electron chi connectivity index (χ1n) is 6.72. The number of hydrogen-bond donors (Lipinski definition) is 2. The van der Waals surface area contributed by atoms with Gasteiger partial charge in [-0.2, -0.15) is 5.10 Å². The van der Waals surface area contributed by atoms with E-state index in [9.17, 15) is 5.11 Å². The lowest BCUT2D eigenvalue weighted by Gasteiger charge is -2.09. The monoisotopic (exact) mass is 237 g/mol. The van der Waals surface area contributed by atoms with Crippen LogP contribution < -0.4 is 5.32 Å². The molecule has 0 spiro atoms. The van der Waals surface area contributed by atoms with Gasteiger partial charge in [-0.25, -0.2) is 0 Å². The molecule has 4 nitrogen and oxygen atoms in total. The van der Waals surface area contributed by atoms with Gasteiger partial charge in [-0.1, -0.05) is 19.8 Å². The Morgan fingerprint density at radius 3 is 3.00 bits per heavy atom. The molecule has 1 aliphatic rings. The number of nitrogens with one attached hydrogen (secondary N) is 1. The molecule has 1 aromatic rings. The van der Waals surface area contributed by atoms with Crippen LogP contribution in [0.25, 0.3) is 0 Å². The molecular weight excluding hydrogens is 214 g/mol. The van der Waals surface area contributed by atoms with E-state index in [0.29, 0.717) is 12.6 Å². The van der Waals surface area contributed by atoms with E-state index in [-0.39, 0.29) is 6.10 Å². The van der Waals surface area contributed by atoms with Crippen molar-refractivity contribution in [3.05, 3.63) is 18.0 Å². The van der Waals surface area contributed by atoms with Crippen molar-refractivity contribution in [3.8, 4) is 0 Å². The van der Waals surface area contributed by atoms with E-state index in [4.69, 9.17) is 0 Å².